The molecule has 3 aromatic rings. The van der Waals surface area contributed by atoms with E-state index in [2.05, 4.69) is 27.1 Å². The van der Waals surface area contributed by atoms with Gasteiger partial charge in [-0.3, -0.25) is 4.68 Å². The highest BCUT2D eigenvalue weighted by Crippen LogP contribution is 2.36. The molecular formula is C19H18BrN3O2S. The van der Waals surface area contributed by atoms with Gasteiger partial charge in [-0.25, -0.2) is 8.42 Å². The predicted molar refractivity (Wildman–Crippen MR) is 103 cm³/mol. The quantitative estimate of drug-likeness (QED) is 0.637. The van der Waals surface area contributed by atoms with Crippen molar-refractivity contribution in [2.24, 2.45) is 7.05 Å². The van der Waals surface area contributed by atoms with Gasteiger partial charge in [0.2, 0.25) is 10.0 Å². The van der Waals surface area contributed by atoms with E-state index in [1.807, 2.05) is 43.7 Å². The van der Waals surface area contributed by atoms with Crippen LogP contribution in [0.3, 0.4) is 0 Å². The molecule has 0 unspecified atom stereocenters. The Kier molecular flexibility index (Phi) is 4.46. The summed E-state index contributed by atoms with van der Waals surface area (Å²) >= 11 is 3.37. The van der Waals surface area contributed by atoms with E-state index >= 15 is 0 Å². The van der Waals surface area contributed by atoms with Crippen molar-refractivity contribution in [1.82, 2.24) is 14.1 Å². The van der Waals surface area contributed by atoms with Crippen LogP contribution in [0.4, 0.5) is 0 Å². The molecule has 0 amide bonds. The number of hydrogen-bond acceptors (Lipinski definition) is 3. The van der Waals surface area contributed by atoms with Gasteiger partial charge in [-0.1, -0.05) is 36.4 Å². The van der Waals surface area contributed by atoms with Crippen molar-refractivity contribution < 1.29 is 8.42 Å². The summed E-state index contributed by atoms with van der Waals surface area (Å²) < 4.78 is 30.4. The van der Waals surface area contributed by atoms with E-state index in [-0.39, 0.29) is 5.92 Å². The number of rotatable bonds is 3. The van der Waals surface area contributed by atoms with E-state index < -0.39 is 10.0 Å². The zero-order valence-corrected chi connectivity index (χ0v) is 16.6. The molecule has 0 radical (unpaired) electrons. The summed E-state index contributed by atoms with van der Waals surface area (Å²) in [5, 5.41) is 4.27. The molecule has 0 N–H and O–H groups in total. The second-order valence-electron chi connectivity index (χ2n) is 6.43. The van der Waals surface area contributed by atoms with Crippen molar-refractivity contribution in [3.8, 4) is 0 Å². The number of sulfonamides is 1. The van der Waals surface area contributed by atoms with Crippen molar-refractivity contribution in [3.05, 3.63) is 82.1 Å². The van der Waals surface area contributed by atoms with E-state index in [9.17, 15) is 8.42 Å². The first kappa shape index (κ1) is 17.5. The minimum absolute atomic E-state index is 0.0362. The highest BCUT2D eigenvalue weighted by atomic mass is 79.9. The molecule has 0 fully saturated rings. The first-order valence-electron chi connectivity index (χ1n) is 8.28. The normalized spacial score (nSPS) is 17.8. The number of hydrogen-bond donors (Lipinski definition) is 0. The molecule has 0 aliphatic carbocycles. The molecule has 0 saturated carbocycles. The zero-order valence-electron chi connectivity index (χ0n) is 14.2. The molecule has 0 saturated heterocycles. The third kappa shape index (κ3) is 3.00. The molecular weight excluding hydrogens is 414 g/mol. The number of benzene rings is 2. The number of fused-ring (bicyclic) bond motifs is 1. The summed E-state index contributed by atoms with van der Waals surface area (Å²) in [5.41, 5.74) is 3.22. The van der Waals surface area contributed by atoms with Crippen LogP contribution in [0.5, 0.6) is 0 Å². The summed E-state index contributed by atoms with van der Waals surface area (Å²) in [5.74, 6) is -0.0362. The standard InChI is InChI=1S/C19H18BrN3O2S/c1-22-11-15(10-21-22)17-13-23(12-14-6-2-3-7-16(14)17)26(24,25)19-9-5-4-8-18(19)20/h2-11,17H,12-13H2,1H3/t17-/m1/s1. The average Bonchev–Trinajstić information content (AvgIpc) is 3.07. The molecule has 1 aromatic heterocycles. The monoisotopic (exact) mass is 431 g/mol. The number of nitrogens with zero attached hydrogens (tertiary/aromatic N) is 3. The fourth-order valence-corrected chi connectivity index (χ4v) is 5.85. The predicted octanol–water partition coefficient (Wildman–Crippen LogP) is 3.52. The lowest BCUT2D eigenvalue weighted by molar-refractivity contribution is 0.371. The Balaban J connectivity index is 1.79. The van der Waals surface area contributed by atoms with Crippen LogP contribution in [0, 0.1) is 0 Å². The minimum Gasteiger partial charge on any atom is -0.276 e. The average molecular weight is 432 g/mol. The SMILES string of the molecule is Cn1cc([C@H]2CN(S(=O)(=O)c3ccccc3Br)Cc3ccccc32)cn1. The Morgan fingerprint density at radius 1 is 1.12 bits per heavy atom. The van der Waals surface area contributed by atoms with Gasteiger partial charge in [0.15, 0.2) is 0 Å². The van der Waals surface area contributed by atoms with Crippen molar-refractivity contribution in [1.29, 1.82) is 0 Å². The van der Waals surface area contributed by atoms with Gasteiger partial charge in [0, 0.05) is 36.7 Å². The highest BCUT2D eigenvalue weighted by molar-refractivity contribution is 9.10. The Morgan fingerprint density at radius 2 is 1.85 bits per heavy atom. The van der Waals surface area contributed by atoms with E-state index in [0.29, 0.717) is 22.5 Å². The van der Waals surface area contributed by atoms with Crippen LogP contribution in [0.1, 0.15) is 22.6 Å². The maximum atomic E-state index is 13.3. The minimum atomic E-state index is -3.61. The van der Waals surface area contributed by atoms with E-state index in [0.717, 1.165) is 11.1 Å². The maximum Gasteiger partial charge on any atom is 0.244 e. The Hall–Kier alpha value is -1.96. The summed E-state index contributed by atoms with van der Waals surface area (Å²) in [6.07, 6.45) is 3.77. The summed E-state index contributed by atoms with van der Waals surface area (Å²) in [6, 6.07) is 15.0. The van der Waals surface area contributed by atoms with Crippen LogP contribution in [-0.4, -0.2) is 29.0 Å². The fourth-order valence-electron chi connectivity index (χ4n) is 3.46. The molecule has 1 aliphatic rings. The third-order valence-corrected chi connectivity index (χ3v) is 7.57. The van der Waals surface area contributed by atoms with Crippen molar-refractivity contribution in [3.63, 3.8) is 0 Å². The first-order chi connectivity index (χ1) is 12.5. The molecule has 2 aromatic carbocycles. The summed E-state index contributed by atoms with van der Waals surface area (Å²) in [6.45, 7) is 0.767. The number of aromatic nitrogens is 2. The second kappa shape index (κ2) is 6.64. The zero-order chi connectivity index (χ0) is 18.3. The van der Waals surface area contributed by atoms with E-state index in [4.69, 9.17) is 0 Å². The lowest BCUT2D eigenvalue weighted by atomic mass is 9.87. The molecule has 7 heteroatoms. The maximum absolute atomic E-state index is 13.3. The summed E-state index contributed by atoms with van der Waals surface area (Å²) in [4.78, 5) is 0.296. The van der Waals surface area contributed by atoms with Crippen molar-refractivity contribution in [2.45, 2.75) is 17.4 Å². The smallest absolute Gasteiger partial charge is 0.244 e. The van der Waals surface area contributed by atoms with Crippen LogP contribution >= 0.6 is 15.9 Å². The van der Waals surface area contributed by atoms with Crippen LogP contribution in [0.25, 0.3) is 0 Å². The molecule has 1 atom stereocenters. The third-order valence-electron chi connectivity index (χ3n) is 4.75. The number of halogens is 1. The summed E-state index contributed by atoms with van der Waals surface area (Å²) in [7, 11) is -1.74. The van der Waals surface area contributed by atoms with Crippen molar-refractivity contribution >= 4 is 26.0 Å². The Labute approximate surface area is 161 Å². The highest BCUT2D eigenvalue weighted by Gasteiger charge is 2.35. The van der Waals surface area contributed by atoms with E-state index in [1.165, 1.54) is 5.56 Å². The van der Waals surface area contributed by atoms with Gasteiger partial charge in [-0.2, -0.15) is 9.40 Å². The molecule has 5 nitrogen and oxygen atoms in total. The molecule has 0 bridgehead atoms. The van der Waals surface area contributed by atoms with Crippen LogP contribution in [0.15, 0.2) is 70.3 Å². The van der Waals surface area contributed by atoms with Crippen LogP contribution in [-0.2, 0) is 23.6 Å². The molecule has 26 heavy (non-hydrogen) atoms. The molecule has 134 valence electrons. The molecule has 0 spiro atoms. The van der Waals surface area contributed by atoms with Crippen molar-refractivity contribution in [2.75, 3.05) is 6.54 Å². The molecule has 2 heterocycles. The Morgan fingerprint density at radius 3 is 2.58 bits per heavy atom. The lowest BCUT2D eigenvalue weighted by Crippen LogP contribution is -2.38. The van der Waals surface area contributed by atoms with Gasteiger partial charge < -0.3 is 0 Å². The van der Waals surface area contributed by atoms with Gasteiger partial charge in [-0.15, -0.1) is 0 Å². The lowest BCUT2D eigenvalue weighted by Gasteiger charge is -2.33. The van der Waals surface area contributed by atoms with Crippen LogP contribution in [0.2, 0.25) is 0 Å². The van der Waals surface area contributed by atoms with E-state index in [1.54, 1.807) is 27.2 Å². The number of aryl methyl sites for hydroxylation is 1. The van der Waals surface area contributed by atoms with Gasteiger partial charge in [0.1, 0.15) is 0 Å². The van der Waals surface area contributed by atoms with Gasteiger partial charge in [-0.05, 0) is 44.8 Å². The van der Waals surface area contributed by atoms with Crippen LogP contribution < -0.4 is 0 Å². The molecule has 4 rings (SSSR count). The van der Waals surface area contributed by atoms with Gasteiger partial charge in [0.25, 0.3) is 0 Å². The van der Waals surface area contributed by atoms with Gasteiger partial charge >= 0.3 is 0 Å². The molecule has 1 aliphatic heterocycles. The fraction of sp³-hybridized carbons (Fsp3) is 0.211. The topological polar surface area (TPSA) is 55.2 Å². The Bertz CT molecular complexity index is 1060. The van der Waals surface area contributed by atoms with Gasteiger partial charge in [0.05, 0.1) is 11.1 Å². The largest absolute Gasteiger partial charge is 0.276 e. The second-order valence-corrected chi connectivity index (χ2v) is 9.19. The first-order valence-corrected chi connectivity index (χ1v) is 10.5.